The van der Waals surface area contributed by atoms with Crippen LogP contribution in [0.15, 0.2) is 0 Å². The summed E-state index contributed by atoms with van der Waals surface area (Å²) in [6, 6.07) is 0.479. The molecule has 1 aliphatic rings. The zero-order valence-corrected chi connectivity index (χ0v) is 10.7. The zero-order valence-electron chi connectivity index (χ0n) is 10.7. The van der Waals surface area contributed by atoms with Gasteiger partial charge in [0.15, 0.2) is 0 Å². The van der Waals surface area contributed by atoms with E-state index in [0.29, 0.717) is 11.5 Å². The van der Waals surface area contributed by atoms with Crippen LogP contribution in [0.5, 0.6) is 0 Å². The fourth-order valence-electron chi connectivity index (χ4n) is 2.64. The van der Waals surface area contributed by atoms with E-state index in [-0.39, 0.29) is 0 Å². The fraction of sp³-hybridized carbons (Fsp3) is 1.00. The molecular weight excluding hydrogens is 182 g/mol. The molecule has 0 aromatic rings. The Kier molecular flexibility index (Phi) is 5.66. The molecule has 1 rings (SSSR count). The van der Waals surface area contributed by atoms with Crippen LogP contribution in [-0.4, -0.2) is 6.04 Å². The molecule has 0 amide bonds. The van der Waals surface area contributed by atoms with Crippen molar-refractivity contribution in [1.82, 2.24) is 0 Å². The van der Waals surface area contributed by atoms with Gasteiger partial charge in [0.1, 0.15) is 0 Å². The first-order chi connectivity index (χ1) is 7.10. The Hall–Kier alpha value is -0.0400. The van der Waals surface area contributed by atoms with E-state index in [9.17, 15) is 0 Å². The van der Waals surface area contributed by atoms with E-state index in [1.54, 1.807) is 0 Å². The van der Waals surface area contributed by atoms with Crippen molar-refractivity contribution in [2.75, 3.05) is 0 Å². The van der Waals surface area contributed by atoms with Crippen LogP contribution in [0.2, 0.25) is 0 Å². The van der Waals surface area contributed by atoms with Crippen molar-refractivity contribution in [1.29, 1.82) is 0 Å². The molecule has 1 nitrogen and oxygen atoms in total. The van der Waals surface area contributed by atoms with Crippen LogP contribution in [0.3, 0.4) is 0 Å². The second kappa shape index (κ2) is 6.52. The summed E-state index contributed by atoms with van der Waals surface area (Å²) >= 11 is 0. The van der Waals surface area contributed by atoms with Crippen molar-refractivity contribution in [3.63, 3.8) is 0 Å². The molecule has 0 aliphatic heterocycles. The highest BCUT2D eigenvalue weighted by Crippen LogP contribution is 2.31. The first kappa shape index (κ1) is 13.0. The van der Waals surface area contributed by atoms with Crippen molar-refractivity contribution >= 4 is 0 Å². The summed E-state index contributed by atoms with van der Waals surface area (Å²) in [6.07, 6.45) is 13.6. The number of nitrogens with two attached hydrogens (primary N) is 1. The molecule has 0 aromatic carbocycles. The van der Waals surface area contributed by atoms with Gasteiger partial charge in [0.05, 0.1) is 0 Å². The molecule has 1 aliphatic carbocycles. The molecule has 1 fully saturated rings. The maximum atomic E-state index is 6.08. The average molecular weight is 211 g/mol. The van der Waals surface area contributed by atoms with Crippen LogP contribution in [0.25, 0.3) is 0 Å². The molecule has 1 heteroatoms. The summed E-state index contributed by atoms with van der Waals surface area (Å²) in [5.74, 6) is 0. The first-order valence-electron chi connectivity index (χ1n) is 6.86. The lowest BCUT2D eigenvalue weighted by atomic mass is 9.81. The van der Waals surface area contributed by atoms with Crippen LogP contribution in [-0.2, 0) is 0 Å². The van der Waals surface area contributed by atoms with Gasteiger partial charge in [-0.25, -0.2) is 0 Å². The van der Waals surface area contributed by atoms with Gasteiger partial charge in [-0.1, -0.05) is 52.4 Å². The molecule has 0 heterocycles. The van der Waals surface area contributed by atoms with Crippen molar-refractivity contribution in [3.05, 3.63) is 0 Å². The number of rotatable bonds is 0. The van der Waals surface area contributed by atoms with Crippen LogP contribution >= 0.6 is 0 Å². The van der Waals surface area contributed by atoms with Crippen LogP contribution in [0, 0.1) is 5.41 Å². The van der Waals surface area contributed by atoms with Gasteiger partial charge >= 0.3 is 0 Å². The molecule has 0 saturated heterocycles. The molecule has 1 atom stereocenters. The first-order valence-corrected chi connectivity index (χ1v) is 6.86. The van der Waals surface area contributed by atoms with Gasteiger partial charge in [-0.15, -0.1) is 0 Å². The maximum absolute atomic E-state index is 6.08. The Labute approximate surface area is 95.8 Å². The van der Waals surface area contributed by atoms with Crippen molar-refractivity contribution < 1.29 is 0 Å². The molecule has 2 N–H and O–H groups in total. The quantitative estimate of drug-likeness (QED) is 0.636. The number of hydrogen-bond acceptors (Lipinski definition) is 1. The minimum Gasteiger partial charge on any atom is -0.328 e. The lowest BCUT2D eigenvalue weighted by molar-refractivity contribution is 0.277. The largest absolute Gasteiger partial charge is 0.328 e. The molecule has 0 aromatic heterocycles. The summed E-state index contributed by atoms with van der Waals surface area (Å²) in [5, 5.41) is 0. The summed E-state index contributed by atoms with van der Waals surface area (Å²) in [5.41, 5.74) is 6.66. The van der Waals surface area contributed by atoms with E-state index < -0.39 is 0 Å². The van der Waals surface area contributed by atoms with E-state index in [1.165, 1.54) is 64.2 Å². The van der Waals surface area contributed by atoms with Gasteiger partial charge in [-0.2, -0.15) is 0 Å². The Morgan fingerprint density at radius 3 is 1.93 bits per heavy atom. The van der Waals surface area contributed by atoms with Crippen molar-refractivity contribution in [3.8, 4) is 0 Å². The molecule has 0 bridgehead atoms. The van der Waals surface area contributed by atoms with Gasteiger partial charge in [0, 0.05) is 6.04 Å². The van der Waals surface area contributed by atoms with Crippen LogP contribution in [0.1, 0.15) is 78.1 Å². The predicted molar refractivity (Wildman–Crippen MR) is 67.9 cm³/mol. The summed E-state index contributed by atoms with van der Waals surface area (Å²) in [6.45, 7) is 4.86. The fourth-order valence-corrected chi connectivity index (χ4v) is 2.64. The molecule has 15 heavy (non-hydrogen) atoms. The van der Waals surface area contributed by atoms with E-state index in [0.717, 1.165) is 0 Å². The Morgan fingerprint density at radius 1 is 0.800 bits per heavy atom. The third kappa shape index (κ3) is 6.19. The van der Waals surface area contributed by atoms with E-state index in [1.807, 2.05) is 0 Å². The van der Waals surface area contributed by atoms with E-state index in [4.69, 9.17) is 5.73 Å². The molecule has 1 saturated carbocycles. The molecule has 0 radical (unpaired) electrons. The third-order valence-corrected chi connectivity index (χ3v) is 3.86. The minimum atomic E-state index is 0.479. The minimum absolute atomic E-state index is 0.479. The van der Waals surface area contributed by atoms with Gasteiger partial charge in [-0.05, 0) is 31.1 Å². The maximum Gasteiger partial charge on any atom is 0.00388 e. The highest BCUT2D eigenvalue weighted by molar-refractivity contribution is 4.71. The SMILES string of the molecule is CC1(C)CCCCCCC(N)CCCC1. The monoisotopic (exact) mass is 211 g/mol. The lowest BCUT2D eigenvalue weighted by Gasteiger charge is -2.25. The molecule has 90 valence electrons. The topological polar surface area (TPSA) is 26.0 Å². The van der Waals surface area contributed by atoms with Crippen molar-refractivity contribution in [2.45, 2.75) is 84.1 Å². The van der Waals surface area contributed by atoms with Gasteiger partial charge < -0.3 is 5.73 Å². The van der Waals surface area contributed by atoms with Gasteiger partial charge in [0.2, 0.25) is 0 Å². The van der Waals surface area contributed by atoms with E-state index >= 15 is 0 Å². The summed E-state index contributed by atoms with van der Waals surface area (Å²) in [4.78, 5) is 0. The normalized spacial score (nSPS) is 30.2. The smallest absolute Gasteiger partial charge is 0.00388 e. The molecule has 1 unspecified atom stereocenters. The van der Waals surface area contributed by atoms with Gasteiger partial charge in [-0.3, -0.25) is 0 Å². The standard InChI is InChI=1S/C14H29N/c1-14(2)11-7-4-3-5-9-13(15)10-6-8-12-14/h13H,3-12,15H2,1-2H3. The van der Waals surface area contributed by atoms with Crippen molar-refractivity contribution in [2.24, 2.45) is 11.1 Å². The highest BCUT2D eigenvalue weighted by atomic mass is 14.6. The Morgan fingerprint density at radius 2 is 1.27 bits per heavy atom. The highest BCUT2D eigenvalue weighted by Gasteiger charge is 2.17. The van der Waals surface area contributed by atoms with Crippen LogP contribution in [0.4, 0.5) is 0 Å². The average Bonchev–Trinajstić information content (AvgIpc) is 2.16. The summed E-state index contributed by atoms with van der Waals surface area (Å²) in [7, 11) is 0. The molecular formula is C14H29N. The predicted octanol–water partition coefficient (Wildman–Crippen LogP) is 4.25. The summed E-state index contributed by atoms with van der Waals surface area (Å²) < 4.78 is 0. The molecule has 0 spiro atoms. The second-order valence-electron chi connectivity index (χ2n) is 6.12. The van der Waals surface area contributed by atoms with Crippen LogP contribution < -0.4 is 5.73 Å². The third-order valence-electron chi connectivity index (χ3n) is 3.86. The lowest BCUT2D eigenvalue weighted by Crippen LogP contribution is -2.20. The number of hydrogen-bond donors (Lipinski definition) is 1. The second-order valence-corrected chi connectivity index (χ2v) is 6.12. The Bertz CT molecular complexity index is 163. The van der Waals surface area contributed by atoms with Gasteiger partial charge in [0.25, 0.3) is 0 Å². The Balaban J connectivity index is 2.31. The van der Waals surface area contributed by atoms with E-state index in [2.05, 4.69) is 13.8 Å². The zero-order chi connectivity index (χ0) is 11.1.